The average molecular weight is 652 g/mol. The molecule has 0 saturated carbocycles. The van der Waals surface area contributed by atoms with Crippen LogP contribution in [0.4, 0.5) is 0 Å². The number of nitrogens with zero attached hydrogens (tertiary/aromatic N) is 2. The standard InChI is InChI=1S/C48H34N2/c1-48(2)41-21-11-10-16-35(41)36-29-28-33(30-42(36)48)46-39-19-8-6-17-37(39)45(38-18-7-9-20-40(38)46)31-24-26-32(27-25-31)47-49-43-22-12-13-23-44(43)50(47)34-14-4-3-5-15-34/h3-30H,1-2H3/i3D,4D,5D,6D,7D,8D,9D,14D,15D,17D,18D,19D,20D. The van der Waals surface area contributed by atoms with Gasteiger partial charge in [0.25, 0.3) is 0 Å². The molecule has 0 unspecified atom stereocenters. The molecule has 0 spiro atoms. The van der Waals surface area contributed by atoms with Gasteiger partial charge in [-0.05, 0) is 96.3 Å². The van der Waals surface area contributed by atoms with Gasteiger partial charge in [-0.1, -0.05) is 153 Å². The van der Waals surface area contributed by atoms with Crippen LogP contribution in [0.15, 0.2) is 170 Å². The van der Waals surface area contributed by atoms with Gasteiger partial charge in [-0.25, -0.2) is 4.98 Å². The Morgan fingerprint density at radius 3 is 1.76 bits per heavy atom. The molecule has 1 aromatic heterocycles. The molecular weight excluding hydrogens is 605 g/mol. The average Bonchev–Trinajstić information content (AvgIpc) is 3.78. The van der Waals surface area contributed by atoms with E-state index in [9.17, 15) is 5.48 Å². The highest BCUT2D eigenvalue weighted by atomic mass is 15.1. The van der Waals surface area contributed by atoms with Crippen molar-refractivity contribution in [1.82, 2.24) is 9.55 Å². The van der Waals surface area contributed by atoms with E-state index in [-0.39, 0.29) is 68.4 Å². The van der Waals surface area contributed by atoms with Crippen molar-refractivity contribution in [2.24, 2.45) is 0 Å². The maximum absolute atomic E-state index is 9.43. The molecule has 1 aliphatic carbocycles. The zero-order valence-electron chi connectivity index (χ0n) is 40.1. The van der Waals surface area contributed by atoms with Gasteiger partial charge >= 0.3 is 0 Å². The van der Waals surface area contributed by atoms with E-state index < -0.39 is 59.8 Å². The third-order valence-corrected chi connectivity index (χ3v) is 9.95. The molecule has 236 valence electrons. The molecule has 0 atom stereocenters. The molecule has 0 fully saturated rings. The second kappa shape index (κ2) is 10.9. The highest BCUT2D eigenvalue weighted by Gasteiger charge is 2.35. The summed E-state index contributed by atoms with van der Waals surface area (Å²) >= 11 is 0. The summed E-state index contributed by atoms with van der Waals surface area (Å²) in [5.41, 5.74) is 6.47. The van der Waals surface area contributed by atoms with Crippen molar-refractivity contribution >= 4 is 32.6 Å². The Labute approximate surface area is 310 Å². The van der Waals surface area contributed by atoms with Crippen LogP contribution in [-0.2, 0) is 5.41 Å². The summed E-state index contributed by atoms with van der Waals surface area (Å²) in [4.78, 5) is 4.84. The lowest BCUT2D eigenvalue weighted by molar-refractivity contribution is 0.660. The summed E-state index contributed by atoms with van der Waals surface area (Å²) in [6, 6.07) is 21.8. The molecule has 50 heavy (non-hydrogen) atoms. The fourth-order valence-electron chi connectivity index (χ4n) is 7.65. The Bertz CT molecular complexity index is 3410. The first-order chi connectivity index (χ1) is 30.0. The van der Waals surface area contributed by atoms with Crippen LogP contribution < -0.4 is 0 Å². The molecule has 1 heterocycles. The van der Waals surface area contributed by atoms with Gasteiger partial charge in [0.2, 0.25) is 0 Å². The number of imidazole rings is 1. The molecule has 0 N–H and O–H groups in total. The first-order valence-corrected chi connectivity index (χ1v) is 16.3. The first kappa shape index (κ1) is 18.5. The lowest BCUT2D eigenvalue weighted by atomic mass is 9.80. The third kappa shape index (κ3) is 4.18. The van der Waals surface area contributed by atoms with Gasteiger partial charge < -0.3 is 0 Å². The lowest BCUT2D eigenvalue weighted by Crippen LogP contribution is -2.14. The highest BCUT2D eigenvalue weighted by molar-refractivity contribution is 6.21. The lowest BCUT2D eigenvalue weighted by Gasteiger charge is -2.23. The van der Waals surface area contributed by atoms with Gasteiger partial charge in [-0.15, -0.1) is 0 Å². The van der Waals surface area contributed by atoms with Gasteiger partial charge in [0, 0.05) is 16.7 Å². The summed E-state index contributed by atoms with van der Waals surface area (Å²) < 4.78 is 117. The largest absolute Gasteiger partial charge is 0.292 e. The van der Waals surface area contributed by atoms with Gasteiger partial charge in [-0.3, -0.25) is 4.57 Å². The fourth-order valence-corrected chi connectivity index (χ4v) is 7.65. The Hall–Kier alpha value is -6.25. The van der Waals surface area contributed by atoms with Crippen LogP contribution in [0.3, 0.4) is 0 Å². The second-order valence-electron chi connectivity index (χ2n) is 13.0. The van der Waals surface area contributed by atoms with E-state index in [1.807, 2.05) is 30.3 Å². The maximum atomic E-state index is 9.43. The Kier molecular flexibility index (Phi) is 4.03. The van der Waals surface area contributed by atoms with Crippen LogP contribution in [-0.4, -0.2) is 9.55 Å². The van der Waals surface area contributed by atoms with E-state index in [2.05, 4.69) is 26.0 Å². The van der Waals surface area contributed by atoms with Gasteiger partial charge in [0.1, 0.15) is 5.82 Å². The Balaban J connectivity index is 1.28. The minimum Gasteiger partial charge on any atom is -0.292 e. The normalized spacial score (nSPS) is 16.8. The van der Waals surface area contributed by atoms with E-state index in [0.717, 1.165) is 22.3 Å². The van der Waals surface area contributed by atoms with Crippen molar-refractivity contribution in [2.75, 3.05) is 0 Å². The van der Waals surface area contributed by atoms with E-state index in [1.165, 1.54) is 4.57 Å². The Morgan fingerprint density at radius 2 is 1.06 bits per heavy atom. The van der Waals surface area contributed by atoms with E-state index in [4.69, 9.17) is 17.3 Å². The molecule has 10 rings (SSSR count). The quantitative estimate of drug-likeness (QED) is 0.173. The second-order valence-corrected chi connectivity index (χ2v) is 13.0. The topological polar surface area (TPSA) is 17.8 Å². The minimum atomic E-state index is -0.531. The van der Waals surface area contributed by atoms with Crippen LogP contribution in [0.1, 0.15) is 42.8 Å². The van der Waals surface area contributed by atoms with Crippen LogP contribution in [0.2, 0.25) is 0 Å². The third-order valence-electron chi connectivity index (χ3n) is 9.95. The summed E-state index contributed by atoms with van der Waals surface area (Å²) in [5, 5.41) is 0.370. The molecule has 0 saturated heterocycles. The molecule has 0 bridgehead atoms. The van der Waals surface area contributed by atoms with Gasteiger partial charge in [0.05, 0.1) is 28.9 Å². The molecule has 8 aromatic carbocycles. The monoisotopic (exact) mass is 651 g/mol. The predicted octanol–water partition coefficient (Wildman–Crippen LogP) is 12.6. The SMILES string of the molecule is [2H]c1c([2H])c([2H])c(-n2c(-c3ccc(-c4c5c([2H])c([2H])c([2H])c([2H])c5c(-c5ccc6c(c5)C(C)(C)c5ccccc5-6)c5c([2H])c([2H])c([2H])c([2H])c45)cc3)nc3ccccc32)c([2H])c1[2H]. The number of benzene rings is 8. The van der Waals surface area contributed by atoms with Gasteiger partial charge in [-0.2, -0.15) is 0 Å². The number of para-hydroxylation sites is 3. The van der Waals surface area contributed by atoms with Crippen LogP contribution in [0.25, 0.3) is 83.0 Å². The highest BCUT2D eigenvalue weighted by Crippen LogP contribution is 2.51. The van der Waals surface area contributed by atoms with E-state index >= 15 is 0 Å². The number of hydrogen-bond donors (Lipinski definition) is 0. The number of fused-ring (bicyclic) bond motifs is 6. The van der Waals surface area contributed by atoms with Crippen LogP contribution >= 0.6 is 0 Å². The summed E-state index contributed by atoms with van der Waals surface area (Å²) in [7, 11) is 0. The minimum absolute atomic E-state index is 0.0793. The van der Waals surface area contributed by atoms with Gasteiger partial charge in [0.15, 0.2) is 0 Å². The number of rotatable bonds is 4. The zero-order chi connectivity index (χ0) is 44.7. The van der Waals surface area contributed by atoms with Crippen LogP contribution in [0.5, 0.6) is 0 Å². The summed E-state index contributed by atoms with van der Waals surface area (Å²) in [5.74, 6) is 0.261. The van der Waals surface area contributed by atoms with Crippen LogP contribution in [0, 0.1) is 0 Å². The summed E-state index contributed by atoms with van der Waals surface area (Å²) in [6.07, 6.45) is 0. The number of hydrogen-bond acceptors (Lipinski definition) is 1. The maximum Gasteiger partial charge on any atom is 0.145 e. The molecule has 0 aliphatic heterocycles. The molecule has 0 radical (unpaired) electrons. The molecule has 2 heteroatoms. The van der Waals surface area contributed by atoms with Crippen molar-refractivity contribution in [3.63, 3.8) is 0 Å². The van der Waals surface area contributed by atoms with Crippen molar-refractivity contribution in [3.05, 3.63) is 181 Å². The predicted molar refractivity (Wildman–Crippen MR) is 210 cm³/mol. The van der Waals surface area contributed by atoms with E-state index in [1.54, 1.807) is 48.5 Å². The summed E-state index contributed by atoms with van der Waals surface area (Å²) in [6.45, 7) is 4.23. The molecule has 2 nitrogen and oxygen atoms in total. The molecular formula is C48H34N2. The molecule has 1 aliphatic rings. The number of aromatic nitrogens is 2. The van der Waals surface area contributed by atoms with Crippen molar-refractivity contribution in [2.45, 2.75) is 19.3 Å². The van der Waals surface area contributed by atoms with Crippen molar-refractivity contribution in [1.29, 1.82) is 0 Å². The first-order valence-electron chi connectivity index (χ1n) is 22.8. The van der Waals surface area contributed by atoms with E-state index in [0.29, 0.717) is 27.7 Å². The smallest absolute Gasteiger partial charge is 0.145 e. The fraction of sp³-hybridized carbons (Fsp3) is 0.0625. The van der Waals surface area contributed by atoms with Crippen molar-refractivity contribution in [3.8, 4) is 50.5 Å². The Morgan fingerprint density at radius 1 is 0.520 bits per heavy atom. The van der Waals surface area contributed by atoms with Crippen molar-refractivity contribution < 1.29 is 17.8 Å². The molecule has 0 amide bonds. The molecule has 9 aromatic rings. The zero-order valence-corrected chi connectivity index (χ0v) is 27.1.